The molecule has 1 unspecified atom stereocenters. The molecule has 1 amide bonds. The normalized spacial score (nSPS) is 14.7. The fourth-order valence-corrected chi connectivity index (χ4v) is 3.23. The van der Waals surface area contributed by atoms with Crippen LogP contribution in [0.5, 0.6) is 5.75 Å². The summed E-state index contributed by atoms with van der Waals surface area (Å²) < 4.78 is 25.5. The molecule has 1 aliphatic heterocycles. The van der Waals surface area contributed by atoms with E-state index in [1.807, 2.05) is 0 Å². The molecule has 0 aromatic heterocycles. The first-order valence-electron chi connectivity index (χ1n) is 10.5. The smallest absolute Gasteiger partial charge is 0.338 e. The summed E-state index contributed by atoms with van der Waals surface area (Å²) in [5, 5.41) is 2.48. The third-order valence-corrected chi connectivity index (χ3v) is 4.94. The molecule has 10 nitrogen and oxygen atoms in total. The third kappa shape index (κ3) is 6.79. The van der Waals surface area contributed by atoms with Gasteiger partial charge in [0.25, 0.3) is 5.91 Å². The third-order valence-electron chi connectivity index (χ3n) is 4.94. The van der Waals surface area contributed by atoms with Crippen LogP contribution < -0.4 is 10.1 Å². The van der Waals surface area contributed by atoms with E-state index in [1.165, 1.54) is 44.6 Å². The molecule has 0 bridgehead atoms. The van der Waals surface area contributed by atoms with Crippen molar-refractivity contribution in [1.29, 1.82) is 0 Å². The van der Waals surface area contributed by atoms with Crippen LogP contribution in [0, 0.1) is 0 Å². The van der Waals surface area contributed by atoms with Crippen LogP contribution in [0.15, 0.2) is 42.5 Å². The Labute approximate surface area is 196 Å². The van der Waals surface area contributed by atoms with E-state index in [2.05, 4.69) is 14.8 Å². The van der Waals surface area contributed by atoms with Crippen LogP contribution in [0.4, 0.5) is 5.69 Å². The lowest BCUT2D eigenvalue weighted by Gasteiger charge is -2.12. The highest BCUT2D eigenvalue weighted by atomic mass is 16.5. The maximum absolute atomic E-state index is 12.3. The lowest BCUT2D eigenvalue weighted by molar-refractivity contribution is -0.119. The van der Waals surface area contributed by atoms with Gasteiger partial charge in [-0.25, -0.2) is 14.4 Å². The van der Waals surface area contributed by atoms with E-state index in [-0.39, 0.29) is 28.5 Å². The lowest BCUT2D eigenvalue weighted by atomic mass is 10.1. The first kappa shape index (κ1) is 24.7. The van der Waals surface area contributed by atoms with Crippen molar-refractivity contribution in [2.75, 3.05) is 39.4 Å². The molecule has 0 aliphatic carbocycles. The summed E-state index contributed by atoms with van der Waals surface area (Å²) in [6.45, 7) is 0.612. The number of hydrogen-bond donors (Lipinski definition) is 1. The number of carbonyl (C=O) groups excluding carboxylic acids is 4. The van der Waals surface area contributed by atoms with Crippen LogP contribution in [0.1, 0.15) is 43.9 Å². The van der Waals surface area contributed by atoms with Crippen LogP contribution >= 0.6 is 0 Å². The summed E-state index contributed by atoms with van der Waals surface area (Å²) in [7, 11) is 2.38. The monoisotopic (exact) mass is 471 g/mol. The Bertz CT molecular complexity index is 1010. The Morgan fingerprint density at radius 1 is 0.912 bits per heavy atom. The predicted octanol–water partition coefficient (Wildman–Crippen LogP) is 2.61. The zero-order valence-electron chi connectivity index (χ0n) is 18.8. The largest absolute Gasteiger partial charge is 0.491 e. The van der Waals surface area contributed by atoms with E-state index in [4.69, 9.17) is 14.2 Å². The van der Waals surface area contributed by atoms with Crippen molar-refractivity contribution in [2.24, 2.45) is 0 Å². The van der Waals surface area contributed by atoms with Gasteiger partial charge in [0.1, 0.15) is 12.4 Å². The molecule has 3 rings (SSSR count). The molecule has 1 atom stereocenters. The van der Waals surface area contributed by atoms with Crippen LogP contribution in [-0.2, 0) is 23.7 Å². The minimum Gasteiger partial charge on any atom is -0.491 e. The number of ether oxygens (including phenoxy) is 5. The summed E-state index contributed by atoms with van der Waals surface area (Å²) in [4.78, 5) is 48.2. The number of rotatable bonds is 9. The molecule has 1 aliphatic rings. The number of carbonyl (C=O) groups is 4. The van der Waals surface area contributed by atoms with E-state index >= 15 is 0 Å². The SMILES string of the molecule is COC(=O)c1cc(NC(=O)COC(=O)c2ccc(OCC3CCCO3)cc2)cc(C(=O)OC)c1. The minimum absolute atomic E-state index is 0.0412. The number of esters is 3. The quantitative estimate of drug-likeness (QED) is 0.434. The lowest BCUT2D eigenvalue weighted by Crippen LogP contribution is -2.21. The highest BCUT2D eigenvalue weighted by Crippen LogP contribution is 2.18. The predicted molar refractivity (Wildman–Crippen MR) is 119 cm³/mol. The van der Waals surface area contributed by atoms with Crippen molar-refractivity contribution >= 4 is 29.5 Å². The van der Waals surface area contributed by atoms with Gasteiger partial charge < -0.3 is 29.0 Å². The molecule has 34 heavy (non-hydrogen) atoms. The number of benzene rings is 2. The van der Waals surface area contributed by atoms with Gasteiger partial charge in [0.2, 0.25) is 0 Å². The van der Waals surface area contributed by atoms with E-state index in [0.29, 0.717) is 12.4 Å². The molecule has 1 heterocycles. The van der Waals surface area contributed by atoms with Crippen molar-refractivity contribution in [2.45, 2.75) is 18.9 Å². The molecule has 0 radical (unpaired) electrons. The molecular weight excluding hydrogens is 446 g/mol. The number of amides is 1. The Kier molecular flexibility index (Phi) is 8.58. The molecule has 1 saturated heterocycles. The Hall–Kier alpha value is -3.92. The summed E-state index contributed by atoms with van der Waals surface area (Å²) in [5.41, 5.74) is 0.467. The van der Waals surface area contributed by atoms with Crippen LogP contribution in [-0.4, -0.2) is 64.0 Å². The van der Waals surface area contributed by atoms with Crippen LogP contribution in [0.3, 0.4) is 0 Å². The van der Waals surface area contributed by atoms with Crippen LogP contribution in [0.25, 0.3) is 0 Å². The van der Waals surface area contributed by atoms with E-state index in [9.17, 15) is 19.2 Å². The second kappa shape index (κ2) is 11.8. The van der Waals surface area contributed by atoms with E-state index in [1.54, 1.807) is 12.1 Å². The summed E-state index contributed by atoms with van der Waals surface area (Å²) in [6.07, 6.45) is 2.07. The van der Waals surface area contributed by atoms with Gasteiger partial charge in [-0.05, 0) is 55.3 Å². The van der Waals surface area contributed by atoms with Gasteiger partial charge in [0.15, 0.2) is 6.61 Å². The van der Waals surface area contributed by atoms with Crippen molar-refractivity contribution in [3.63, 3.8) is 0 Å². The molecule has 10 heteroatoms. The molecule has 2 aromatic rings. The van der Waals surface area contributed by atoms with Crippen molar-refractivity contribution < 1.29 is 42.9 Å². The van der Waals surface area contributed by atoms with Crippen molar-refractivity contribution in [3.8, 4) is 5.75 Å². The summed E-state index contributed by atoms with van der Waals surface area (Å²) >= 11 is 0. The van der Waals surface area contributed by atoms with E-state index < -0.39 is 30.4 Å². The first-order chi connectivity index (χ1) is 16.4. The number of anilines is 1. The molecular formula is C24H25NO9. The van der Waals surface area contributed by atoms with Crippen LogP contribution in [0.2, 0.25) is 0 Å². The van der Waals surface area contributed by atoms with Gasteiger partial charge in [-0.3, -0.25) is 4.79 Å². The number of nitrogens with one attached hydrogen (secondary N) is 1. The second-order valence-corrected chi connectivity index (χ2v) is 7.38. The summed E-state index contributed by atoms with van der Waals surface area (Å²) in [6, 6.07) is 10.3. The number of hydrogen-bond acceptors (Lipinski definition) is 9. The number of methoxy groups -OCH3 is 2. The van der Waals surface area contributed by atoms with Gasteiger partial charge in [0, 0.05) is 12.3 Å². The minimum atomic E-state index is -0.698. The maximum atomic E-state index is 12.3. The molecule has 0 saturated carbocycles. The summed E-state index contributed by atoms with van der Waals surface area (Å²) in [5.74, 6) is -2.16. The standard InChI is InChI=1S/C24H25NO9/c1-30-22(27)16-10-17(23(28)31-2)12-18(11-16)25-21(26)14-34-24(29)15-5-7-19(8-6-15)33-13-20-4-3-9-32-20/h5-8,10-12,20H,3-4,9,13-14H2,1-2H3,(H,25,26). The van der Waals surface area contributed by atoms with Gasteiger partial charge in [-0.2, -0.15) is 0 Å². The first-order valence-corrected chi connectivity index (χ1v) is 10.5. The van der Waals surface area contributed by atoms with Gasteiger partial charge in [0.05, 0.1) is 37.0 Å². The molecule has 180 valence electrons. The highest BCUT2D eigenvalue weighted by molar-refractivity contribution is 6.00. The Morgan fingerprint density at radius 2 is 1.56 bits per heavy atom. The molecule has 0 spiro atoms. The fourth-order valence-electron chi connectivity index (χ4n) is 3.23. The Balaban J connectivity index is 1.54. The Morgan fingerprint density at radius 3 is 2.12 bits per heavy atom. The van der Waals surface area contributed by atoms with Crippen molar-refractivity contribution in [3.05, 3.63) is 59.2 Å². The van der Waals surface area contributed by atoms with E-state index in [0.717, 1.165) is 19.4 Å². The maximum Gasteiger partial charge on any atom is 0.338 e. The molecule has 1 fully saturated rings. The van der Waals surface area contributed by atoms with Gasteiger partial charge >= 0.3 is 17.9 Å². The molecule has 1 N–H and O–H groups in total. The second-order valence-electron chi connectivity index (χ2n) is 7.38. The zero-order chi connectivity index (χ0) is 24.5. The zero-order valence-corrected chi connectivity index (χ0v) is 18.8. The fraction of sp³-hybridized carbons (Fsp3) is 0.333. The van der Waals surface area contributed by atoms with Gasteiger partial charge in [-0.1, -0.05) is 0 Å². The average Bonchev–Trinajstić information content (AvgIpc) is 3.39. The van der Waals surface area contributed by atoms with Gasteiger partial charge in [-0.15, -0.1) is 0 Å². The molecule has 2 aromatic carbocycles. The van der Waals surface area contributed by atoms with Crippen molar-refractivity contribution in [1.82, 2.24) is 0 Å². The highest BCUT2D eigenvalue weighted by Gasteiger charge is 2.17. The average molecular weight is 471 g/mol. The topological polar surface area (TPSA) is 126 Å².